The standard InChI is InChI=1S/C14H21NO2/c1-9(2)13(16)8-15-14(17)12-6-10(3)5-11(4)7-12/h5-7,9,13,16H,8H2,1-4H3,(H,15,17). The maximum absolute atomic E-state index is 11.9. The molecule has 17 heavy (non-hydrogen) atoms. The number of carbonyl (C=O) groups excluding carboxylic acids is 1. The molecule has 3 heteroatoms. The van der Waals surface area contributed by atoms with Crippen LogP contribution in [0.1, 0.15) is 35.3 Å². The second-order valence-electron chi connectivity index (χ2n) is 4.90. The van der Waals surface area contributed by atoms with Gasteiger partial charge in [0.2, 0.25) is 0 Å². The van der Waals surface area contributed by atoms with Crippen molar-refractivity contribution in [1.82, 2.24) is 5.32 Å². The molecule has 2 N–H and O–H groups in total. The largest absolute Gasteiger partial charge is 0.391 e. The fourth-order valence-corrected chi connectivity index (χ4v) is 1.64. The summed E-state index contributed by atoms with van der Waals surface area (Å²) in [7, 11) is 0. The van der Waals surface area contributed by atoms with Crippen LogP contribution in [0.25, 0.3) is 0 Å². The fourth-order valence-electron chi connectivity index (χ4n) is 1.64. The first-order chi connectivity index (χ1) is 7.90. The minimum Gasteiger partial charge on any atom is -0.391 e. The van der Waals surface area contributed by atoms with E-state index in [1.165, 1.54) is 0 Å². The van der Waals surface area contributed by atoms with Gasteiger partial charge in [0.1, 0.15) is 0 Å². The van der Waals surface area contributed by atoms with E-state index >= 15 is 0 Å². The minimum atomic E-state index is -0.496. The van der Waals surface area contributed by atoms with E-state index in [0.717, 1.165) is 11.1 Å². The quantitative estimate of drug-likeness (QED) is 0.839. The van der Waals surface area contributed by atoms with Crippen LogP contribution >= 0.6 is 0 Å². The van der Waals surface area contributed by atoms with Gasteiger partial charge in [0.05, 0.1) is 6.10 Å². The van der Waals surface area contributed by atoms with Crippen LogP contribution in [-0.2, 0) is 0 Å². The molecule has 1 atom stereocenters. The van der Waals surface area contributed by atoms with E-state index in [1.54, 1.807) is 0 Å². The van der Waals surface area contributed by atoms with Gasteiger partial charge in [-0.2, -0.15) is 0 Å². The van der Waals surface area contributed by atoms with Crippen molar-refractivity contribution in [1.29, 1.82) is 0 Å². The van der Waals surface area contributed by atoms with Crippen molar-refractivity contribution in [2.45, 2.75) is 33.8 Å². The van der Waals surface area contributed by atoms with Crippen molar-refractivity contribution < 1.29 is 9.90 Å². The molecule has 0 heterocycles. The maximum Gasteiger partial charge on any atom is 0.251 e. The summed E-state index contributed by atoms with van der Waals surface area (Å²) in [6.45, 7) is 8.07. The van der Waals surface area contributed by atoms with E-state index < -0.39 is 6.10 Å². The molecule has 0 aliphatic heterocycles. The first kappa shape index (κ1) is 13.7. The van der Waals surface area contributed by atoms with Gasteiger partial charge in [-0.15, -0.1) is 0 Å². The maximum atomic E-state index is 11.9. The third-order valence-corrected chi connectivity index (χ3v) is 2.73. The molecule has 1 amide bonds. The number of rotatable bonds is 4. The number of hydrogen-bond acceptors (Lipinski definition) is 2. The average molecular weight is 235 g/mol. The lowest BCUT2D eigenvalue weighted by Crippen LogP contribution is -2.34. The molecule has 0 aliphatic rings. The Hall–Kier alpha value is -1.35. The number of benzene rings is 1. The van der Waals surface area contributed by atoms with E-state index in [2.05, 4.69) is 5.32 Å². The third kappa shape index (κ3) is 4.19. The van der Waals surface area contributed by atoms with E-state index in [4.69, 9.17) is 0 Å². The van der Waals surface area contributed by atoms with E-state index in [1.807, 2.05) is 45.9 Å². The zero-order valence-electron chi connectivity index (χ0n) is 10.9. The lowest BCUT2D eigenvalue weighted by molar-refractivity contribution is 0.0871. The Bertz CT molecular complexity index is 379. The molecule has 1 unspecified atom stereocenters. The van der Waals surface area contributed by atoms with Crippen LogP contribution in [0.5, 0.6) is 0 Å². The van der Waals surface area contributed by atoms with Crippen molar-refractivity contribution in [3.05, 3.63) is 34.9 Å². The van der Waals surface area contributed by atoms with Gasteiger partial charge in [-0.05, 0) is 31.9 Å². The Morgan fingerprint density at radius 1 is 1.24 bits per heavy atom. The predicted octanol–water partition coefficient (Wildman–Crippen LogP) is 2.05. The van der Waals surface area contributed by atoms with Crippen LogP contribution in [0.3, 0.4) is 0 Å². The summed E-state index contributed by atoms with van der Waals surface area (Å²) in [6.07, 6.45) is -0.496. The molecule has 1 rings (SSSR count). The summed E-state index contributed by atoms with van der Waals surface area (Å²) in [6, 6.07) is 5.73. The van der Waals surface area contributed by atoms with E-state index in [0.29, 0.717) is 12.1 Å². The van der Waals surface area contributed by atoms with E-state index in [-0.39, 0.29) is 11.8 Å². The number of nitrogens with one attached hydrogen (secondary N) is 1. The summed E-state index contributed by atoms with van der Waals surface area (Å²) < 4.78 is 0. The fraction of sp³-hybridized carbons (Fsp3) is 0.500. The number of aliphatic hydroxyl groups excluding tert-OH is 1. The second-order valence-corrected chi connectivity index (χ2v) is 4.90. The first-order valence-electron chi connectivity index (χ1n) is 5.94. The number of hydrogen-bond donors (Lipinski definition) is 2. The zero-order valence-corrected chi connectivity index (χ0v) is 10.9. The van der Waals surface area contributed by atoms with Crippen molar-refractivity contribution in [3.8, 4) is 0 Å². The Balaban J connectivity index is 2.64. The number of amides is 1. The normalized spacial score (nSPS) is 12.6. The summed E-state index contributed by atoms with van der Waals surface area (Å²) in [5.41, 5.74) is 2.79. The monoisotopic (exact) mass is 235 g/mol. The lowest BCUT2D eigenvalue weighted by atomic mass is 10.1. The second kappa shape index (κ2) is 5.82. The smallest absolute Gasteiger partial charge is 0.251 e. The van der Waals surface area contributed by atoms with Crippen LogP contribution in [0.15, 0.2) is 18.2 Å². The molecule has 0 saturated heterocycles. The Morgan fingerprint density at radius 3 is 2.24 bits per heavy atom. The van der Waals surface area contributed by atoms with Crippen molar-refractivity contribution >= 4 is 5.91 Å². The van der Waals surface area contributed by atoms with Gasteiger partial charge >= 0.3 is 0 Å². The SMILES string of the molecule is Cc1cc(C)cc(C(=O)NCC(O)C(C)C)c1. The van der Waals surface area contributed by atoms with Crippen LogP contribution in [0, 0.1) is 19.8 Å². The summed E-state index contributed by atoms with van der Waals surface area (Å²) in [5.74, 6) is 0.0195. The molecule has 0 radical (unpaired) electrons. The molecule has 0 fully saturated rings. The summed E-state index contributed by atoms with van der Waals surface area (Å²) >= 11 is 0. The van der Waals surface area contributed by atoms with Gasteiger partial charge in [0, 0.05) is 12.1 Å². The molecule has 3 nitrogen and oxygen atoms in total. The topological polar surface area (TPSA) is 49.3 Å². The summed E-state index contributed by atoms with van der Waals surface area (Å²) in [4.78, 5) is 11.9. The van der Waals surface area contributed by atoms with Gasteiger partial charge in [-0.3, -0.25) is 4.79 Å². The van der Waals surface area contributed by atoms with Crippen LogP contribution in [0.2, 0.25) is 0 Å². The van der Waals surface area contributed by atoms with Crippen molar-refractivity contribution in [2.75, 3.05) is 6.54 Å². The van der Waals surface area contributed by atoms with Gasteiger partial charge in [0.15, 0.2) is 0 Å². The molecular weight excluding hydrogens is 214 g/mol. The molecule has 0 aliphatic carbocycles. The van der Waals surface area contributed by atoms with Crippen LogP contribution < -0.4 is 5.32 Å². The summed E-state index contributed by atoms with van der Waals surface area (Å²) in [5, 5.41) is 12.4. The predicted molar refractivity (Wildman–Crippen MR) is 69.1 cm³/mol. The number of aliphatic hydroxyl groups is 1. The highest BCUT2D eigenvalue weighted by atomic mass is 16.3. The molecule has 1 aromatic carbocycles. The van der Waals surface area contributed by atoms with Crippen LogP contribution in [-0.4, -0.2) is 23.7 Å². The Kier molecular flexibility index (Phi) is 4.70. The Labute approximate surface area is 103 Å². The third-order valence-electron chi connectivity index (χ3n) is 2.73. The number of carbonyl (C=O) groups is 1. The van der Waals surface area contributed by atoms with Gasteiger partial charge in [0.25, 0.3) is 5.91 Å². The first-order valence-corrected chi connectivity index (χ1v) is 5.94. The van der Waals surface area contributed by atoms with Gasteiger partial charge < -0.3 is 10.4 Å². The van der Waals surface area contributed by atoms with Crippen LogP contribution in [0.4, 0.5) is 0 Å². The molecule has 1 aromatic rings. The molecule has 0 spiro atoms. The molecule has 94 valence electrons. The van der Waals surface area contributed by atoms with Crippen molar-refractivity contribution in [3.63, 3.8) is 0 Å². The lowest BCUT2D eigenvalue weighted by Gasteiger charge is -2.15. The van der Waals surface area contributed by atoms with E-state index in [9.17, 15) is 9.90 Å². The van der Waals surface area contributed by atoms with Crippen molar-refractivity contribution in [2.24, 2.45) is 5.92 Å². The van der Waals surface area contributed by atoms with Gasteiger partial charge in [-0.25, -0.2) is 0 Å². The molecule has 0 bridgehead atoms. The Morgan fingerprint density at radius 2 is 1.76 bits per heavy atom. The van der Waals surface area contributed by atoms with Gasteiger partial charge in [-0.1, -0.05) is 31.0 Å². The highest BCUT2D eigenvalue weighted by molar-refractivity contribution is 5.94. The molecular formula is C14H21NO2. The average Bonchev–Trinajstić information content (AvgIpc) is 2.23. The minimum absolute atomic E-state index is 0.128. The zero-order chi connectivity index (χ0) is 13.0. The highest BCUT2D eigenvalue weighted by Crippen LogP contribution is 2.09. The molecule has 0 saturated carbocycles. The number of aryl methyl sites for hydroxylation is 2. The highest BCUT2D eigenvalue weighted by Gasteiger charge is 2.12. The molecule has 0 aromatic heterocycles.